The Bertz CT molecular complexity index is 549. The molecule has 0 aliphatic carbocycles. The maximum atomic E-state index is 10.1. The molecule has 0 saturated carbocycles. The van der Waals surface area contributed by atoms with E-state index in [9.17, 15) is 5.11 Å². The number of nitrogen functional groups attached to an aromatic ring is 1. The van der Waals surface area contributed by atoms with Gasteiger partial charge in [0.05, 0.1) is 6.10 Å². The van der Waals surface area contributed by atoms with Crippen LogP contribution in [0.2, 0.25) is 0 Å². The topological polar surface area (TPSA) is 58.3 Å². The molecule has 4 N–H and O–H groups in total. The van der Waals surface area contributed by atoms with Crippen molar-refractivity contribution in [1.29, 1.82) is 0 Å². The number of rotatable bonds is 4. The van der Waals surface area contributed by atoms with Crippen LogP contribution in [-0.2, 0) is 0 Å². The van der Waals surface area contributed by atoms with Crippen molar-refractivity contribution in [3.05, 3.63) is 59.2 Å². The van der Waals surface area contributed by atoms with E-state index in [1.165, 1.54) is 11.1 Å². The zero-order valence-corrected chi connectivity index (χ0v) is 11.4. The Balaban J connectivity index is 2.02. The van der Waals surface area contributed by atoms with Crippen LogP contribution < -0.4 is 11.1 Å². The minimum atomic E-state index is -0.541. The minimum Gasteiger partial charge on any atom is -0.399 e. The zero-order chi connectivity index (χ0) is 13.8. The molecule has 100 valence electrons. The van der Waals surface area contributed by atoms with Crippen LogP contribution in [0.3, 0.4) is 0 Å². The highest BCUT2D eigenvalue weighted by atomic mass is 16.3. The second-order valence-electron chi connectivity index (χ2n) is 4.88. The lowest BCUT2D eigenvalue weighted by Gasteiger charge is -2.15. The molecule has 0 amide bonds. The van der Waals surface area contributed by atoms with Crippen molar-refractivity contribution in [2.24, 2.45) is 0 Å². The number of hydrogen-bond donors (Lipinski definition) is 3. The first-order valence-electron chi connectivity index (χ1n) is 6.41. The summed E-state index contributed by atoms with van der Waals surface area (Å²) in [6.07, 6.45) is -0.541. The minimum absolute atomic E-state index is 0.480. The highest BCUT2D eigenvalue weighted by Gasteiger charge is 2.07. The highest BCUT2D eigenvalue weighted by Crippen LogP contribution is 2.19. The van der Waals surface area contributed by atoms with Gasteiger partial charge in [-0.2, -0.15) is 0 Å². The summed E-state index contributed by atoms with van der Waals surface area (Å²) < 4.78 is 0. The van der Waals surface area contributed by atoms with Crippen LogP contribution >= 0.6 is 0 Å². The Morgan fingerprint density at radius 1 is 1.11 bits per heavy atom. The second kappa shape index (κ2) is 5.76. The molecule has 0 spiro atoms. The van der Waals surface area contributed by atoms with Gasteiger partial charge >= 0.3 is 0 Å². The van der Waals surface area contributed by atoms with Gasteiger partial charge in [-0.15, -0.1) is 0 Å². The molecule has 3 nitrogen and oxygen atoms in total. The van der Waals surface area contributed by atoms with E-state index in [0.717, 1.165) is 11.3 Å². The molecule has 0 radical (unpaired) electrons. The van der Waals surface area contributed by atoms with Gasteiger partial charge in [-0.1, -0.05) is 24.3 Å². The number of nitrogens with one attached hydrogen (secondary N) is 1. The Hall–Kier alpha value is -2.00. The fourth-order valence-corrected chi connectivity index (χ4v) is 1.97. The van der Waals surface area contributed by atoms with Crippen LogP contribution in [0.1, 0.15) is 22.8 Å². The van der Waals surface area contributed by atoms with E-state index in [0.29, 0.717) is 12.2 Å². The summed E-state index contributed by atoms with van der Waals surface area (Å²) in [5.41, 5.74) is 10.6. The molecule has 3 heteroatoms. The second-order valence-corrected chi connectivity index (χ2v) is 4.88. The quantitative estimate of drug-likeness (QED) is 0.737. The van der Waals surface area contributed by atoms with E-state index in [1.54, 1.807) is 12.1 Å². The third-order valence-corrected chi connectivity index (χ3v) is 3.20. The Kier molecular flexibility index (Phi) is 4.07. The first-order valence-corrected chi connectivity index (χ1v) is 6.41. The van der Waals surface area contributed by atoms with Crippen LogP contribution in [0, 0.1) is 13.8 Å². The van der Waals surface area contributed by atoms with Crippen molar-refractivity contribution < 1.29 is 5.11 Å². The molecule has 0 aromatic heterocycles. The summed E-state index contributed by atoms with van der Waals surface area (Å²) in [4.78, 5) is 0. The predicted molar refractivity (Wildman–Crippen MR) is 80.2 cm³/mol. The predicted octanol–water partition coefficient (Wildman–Crippen LogP) is 3.03. The number of anilines is 2. The van der Waals surface area contributed by atoms with Gasteiger partial charge in [0.25, 0.3) is 0 Å². The average molecular weight is 256 g/mol. The number of benzene rings is 2. The fraction of sp³-hybridized carbons (Fsp3) is 0.250. The summed E-state index contributed by atoms with van der Waals surface area (Å²) in [6.45, 7) is 4.59. The van der Waals surface area contributed by atoms with Gasteiger partial charge in [-0.3, -0.25) is 0 Å². The number of hydrogen-bond acceptors (Lipinski definition) is 3. The van der Waals surface area contributed by atoms with E-state index in [1.807, 2.05) is 12.1 Å². The maximum absolute atomic E-state index is 10.1. The summed E-state index contributed by atoms with van der Waals surface area (Å²) in [5.74, 6) is 0. The monoisotopic (exact) mass is 256 g/mol. The molecule has 2 rings (SSSR count). The molecule has 0 aliphatic rings. The molecule has 0 fully saturated rings. The van der Waals surface area contributed by atoms with Crippen molar-refractivity contribution in [2.75, 3.05) is 17.6 Å². The van der Waals surface area contributed by atoms with Crippen molar-refractivity contribution in [3.8, 4) is 0 Å². The third kappa shape index (κ3) is 3.48. The molecule has 0 bridgehead atoms. The summed E-state index contributed by atoms with van der Waals surface area (Å²) in [5, 5.41) is 13.4. The van der Waals surface area contributed by atoms with Crippen LogP contribution in [0.4, 0.5) is 11.4 Å². The number of aliphatic hydroxyl groups excluding tert-OH is 1. The molecule has 2 aromatic carbocycles. The van der Waals surface area contributed by atoms with E-state index in [2.05, 4.69) is 37.4 Å². The maximum Gasteiger partial charge on any atom is 0.0962 e. The number of aryl methyl sites for hydroxylation is 2. The van der Waals surface area contributed by atoms with E-state index in [-0.39, 0.29) is 0 Å². The molecule has 2 aromatic rings. The number of aliphatic hydroxyl groups is 1. The lowest BCUT2D eigenvalue weighted by Crippen LogP contribution is -2.12. The van der Waals surface area contributed by atoms with Crippen molar-refractivity contribution in [3.63, 3.8) is 0 Å². The first-order chi connectivity index (χ1) is 9.06. The highest BCUT2D eigenvalue weighted by molar-refractivity contribution is 5.52. The van der Waals surface area contributed by atoms with E-state index >= 15 is 0 Å². The van der Waals surface area contributed by atoms with Crippen molar-refractivity contribution in [2.45, 2.75) is 20.0 Å². The fourth-order valence-electron chi connectivity index (χ4n) is 1.97. The largest absolute Gasteiger partial charge is 0.399 e. The standard InChI is InChI=1S/C16H20N2O/c1-11-3-4-12(2)15(9-11)18-10-16(19)13-5-7-14(17)8-6-13/h3-9,16,18-19H,10,17H2,1-2H3. The van der Waals surface area contributed by atoms with Crippen molar-refractivity contribution in [1.82, 2.24) is 0 Å². The molecular formula is C16H20N2O. The Morgan fingerprint density at radius 2 is 1.79 bits per heavy atom. The average Bonchev–Trinajstić information content (AvgIpc) is 2.40. The van der Waals surface area contributed by atoms with Crippen LogP contribution in [-0.4, -0.2) is 11.7 Å². The van der Waals surface area contributed by atoms with Gasteiger partial charge in [-0.25, -0.2) is 0 Å². The number of nitrogens with two attached hydrogens (primary N) is 1. The SMILES string of the molecule is Cc1ccc(C)c(NCC(O)c2ccc(N)cc2)c1. The molecule has 0 aliphatic heterocycles. The van der Waals surface area contributed by atoms with Crippen molar-refractivity contribution >= 4 is 11.4 Å². The van der Waals surface area contributed by atoms with Gasteiger partial charge in [0.1, 0.15) is 0 Å². The van der Waals surface area contributed by atoms with E-state index in [4.69, 9.17) is 5.73 Å². The van der Waals surface area contributed by atoms with Crippen LogP contribution in [0.15, 0.2) is 42.5 Å². The third-order valence-electron chi connectivity index (χ3n) is 3.20. The van der Waals surface area contributed by atoms with Gasteiger partial charge in [0.15, 0.2) is 0 Å². The smallest absolute Gasteiger partial charge is 0.0962 e. The Morgan fingerprint density at radius 3 is 2.47 bits per heavy atom. The lowest BCUT2D eigenvalue weighted by molar-refractivity contribution is 0.191. The summed E-state index contributed by atoms with van der Waals surface area (Å²) >= 11 is 0. The normalized spacial score (nSPS) is 12.2. The van der Waals surface area contributed by atoms with Gasteiger partial charge < -0.3 is 16.2 Å². The summed E-state index contributed by atoms with van der Waals surface area (Å²) in [7, 11) is 0. The molecule has 19 heavy (non-hydrogen) atoms. The summed E-state index contributed by atoms with van der Waals surface area (Å²) in [6, 6.07) is 13.6. The van der Waals surface area contributed by atoms with Crippen LogP contribution in [0.25, 0.3) is 0 Å². The Labute approximate surface area is 114 Å². The lowest BCUT2D eigenvalue weighted by atomic mass is 10.1. The molecule has 1 atom stereocenters. The zero-order valence-electron chi connectivity index (χ0n) is 11.4. The van der Waals surface area contributed by atoms with Gasteiger partial charge in [0.2, 0.25) is 0 Å². The molecule has 0 saturated heterocycles. The molecule has 0 heterocycles. The van der Waals surface area contributed by atoms with Gasteiger partial charge in [-0.05, 0) is 48.7 Å². The molecule has 1 unspecified atom stereocenters. The first kappa shape index (κ1) is 13.4. The van der Waals surface area contributed by atoms with Gasteiger partial charge in [0, 0.05) is 17.9 Å². The van der Waals surface area contributed by atoms with Crippen LogP contribution in [0.5, 0.6) is 0 Å². The molecular weight excluding hydrogens is 236 g/mol. The van der Waals surface area contributed by atoms with E-state index < -0.39 is 6.10 Å².